The summed E-state index contributed by atoms with van der Waals surface area (Å²) in [6.45, 7) is 3.93. The van der Waals surface area contributed by atoms with E-state index in [2.05, 4.69) is 26.1 Å². The van der Waals surface area contributed by atoms with E-state index in [1.54, 1.807) is 18.2 Å². The summed E-state index contributed by atoms with van der Waals surface area (Å²) in [5.74, 6) is -0.0565. The first-order valence-corrected chi connectivity index (χ1v) is 8.02. The Morgan fingerprint density at radius 1 is 1.25 bits per heavy atom. The van der Waals surface area contributed by atoms with E-state index in [0.717, 1.165) is 24.1 Å². The number of rotatable bonds is 4. The van der Waals surface area contributed by atoms with Crippen molar-refractivity contribution in [2.45, 2.75) is 25.7 Å². The van der Waals surface area contributed by atoms with Crippen molar-refractivity contribution in [3.63, 3.8) is 0 Å². The largest absolute Gasteiger partial charge is 0.398 e. The van der Waals surface area contributed by atoms with Crippen LogP contribution in [0.3, 0.4) is 0 Å². The first-order chi connectivity index (χ1) is 9.66. The molecule has 4 nitrogen and oxygen atoms in total. The highest BCUT2D eigenvalue weighted by molar-refractivity contribution is 9.10. The second kappa shape index (κ2) is 7.64. The molecule has 1 aromatic carbocycles. The number of nitrogens with zero attached hydrogens (tertiary/aromatic N) is 1. The van der Waals surface area contributed by atoms with Gasteiger partial charge in [-0.3, -0.25) is 4.79 Å². The normalized spacial score (nSPS) is 16.6. The maximum absolute atomic E-state index is 12.0. The van der Waals surface area contributed by atoms with Crippen LogP contribution in [0, 0.1) is 0 Å². The van der Waals surface area contributed by atoms with Gasteiger partial charge in [-0.05, 0) is 60.1 Å². The molecule has 2 rings (SSSR count). The Kier molecular flexibility index (Phi) is 5.86. The number of benzene rings is 1. The van der Waals surface area contributed by atoms with Crippen molar-refractivity contribution in [1.82, 2.24) is 10.2 Å². The van der Waals surface area contributed by atoms with Crippen LogP contribution in [0.1, 0.15) is 36.0 Å². The Morgan fingerprint density at radius 2 is 1.95 bits per heavy atom. The molecular formula is C15H22BrN3O. The molecule has 1 aliphatic rings. The van der Waals surface area contributed by atoms with E-state index in [-0.39, 0.29) is 5.91 Å². The zero-order valence-corrected chi connectivity index (χ0v) is 13.3. The molecule has 0 atom stereocenters. The number of hydrogen-bond acceptors (Lipinski definition) is 3. The lowest BCUT2D eigenvalue weighted by Crippen LogP contribution is -2.35. The predicted octanol–water partition coefficient (Wildman–Crippen LogP) is 2.64. The average Bonchev–Trinajstić information content (AvgIpc) is 2.70. The summed E-state index contributed by atoms with van der Waals surface area (Å²) in [6.07, 6.45) is 5.22. The van der Waals surface area contributed by atoms with Crippen LogP contribution in [0.4, 0.5) is 5.69 Å². The van der Waals surface area contributed by atoms with E-state index >= 15 is 0 Å². The number of anilines is 1. The van der Waals surface area contributed by atoms with Crippen LogP contribution in [0.25, 0.3) is 0 Å². The number of nitrogen functional groups attached to an aromatic ring is 1. The second-order valence-corrected chi connectivity index (χ2v) is 6.10. The number of carbonyl (C=O) groups excluding carboxylic acids is 1. The molecule has 20 heavy (non-hydrogen) atoms. The van der Waals surface area contributed by atoms with Gasteiger partial charge in [0.2, 0.25) is 0 Å². The topological polar surface area (TPSA) is 58.4 Å². The number of carbonyl (C=O) groups is 1. The van der Waals surface area contributed by atoms with Gasteiger partial charge in [-0.2, -0.15) is 0 Å². The zero-order valence-electron chi connectivity index (χ0n) is 11.7. The van der Waals surface area contributed by atoms with Crippen molar-refractivity contribution < 1.29 is 4.79 Å². The minimum Gasteiger partial charge on any atom is -0.398 e. The first-order valence-electron chi connectivity index (χ1n) is 7.22. The molecule has 0 spiro atoms. The summed E-state index contributed by atoms with van der Waals surface area (Å²) in [6, 6.07) is 5.28. The third-order valence-electron chi connectivity index (χ3n) is 3.67. The van der Waals surface area contributed by atoms with Crippen molar-refractivity contribution in [2.24, 2.45) is 0 Å². The number of nitrogens with one attached hydrogen (secondary N) is 1. The first kappa shape index (κ1) is 15.3. The van der Waals surface area contributed by atoms with Crippen LogP contribution in [0.2, 0.25) is 0 Å². The number of nitrogens with two attached hydrogens (primary N) is 1. The van der Waals surface area contributed by atoms with Crippen molar-refractivity contribution >= 4 is 27.5 Å². The summed E-state index contributed by atoms with van der Waals surface area (Å²) in [4.78, 5) is 14.5. The molecule has 0 bridgehead atoms. The molecule has 110 valence electrons. The van der Waals surface area contributed by atoms with Crippen LogP contribution in [0.5, 0.6) is 0 Å². The molecule has 1 heterocycles. The van der Waals surface area contributed by atoms with Gasteiger partial charge in [0.15, 0.2) is 0 Å². The van der Waals surface area contributed by atoms with Gasteiger partial charge in [-0.15, -0.1) is 0 Å². The predicted molar refractivity (Wildman–Crippen MR) is 85.8 cm³/mol. The molecule has 0 aliphatic carbocycles. The van der Waals surface area contributed by atoms with E-state index in [4.69, 9.17) is 5.73 Å². The summed E-state index contributed by atoms with van der Waals surface area (Å²) in [5.41, 5.74) is 6.99. The van der Waals surface area contributed by atoms with Gasteiger partial charge in [0.05, 0.1) is 0 Å². The molecule has 1 aliphatic heterocycles. The van der Waals surface area contributed by atoms with Gasteiger partial charge in [0.25, 0.3) is 5.91 Å². The SMILES string of the molecule is Nc1cc(C(=O)NCCN2CCCCCC2)ccc1Br. The highest BCUT2D eigenvalue weighted by Gasteiger charge is 2.10. The Morgan fingerprint density at radius 3 is 2.60 bits per heavy atom. The van der Waals surface area contributed by atoms with Gasteiger partial charge < -0.3 is 16.0 Å². The third kappa shape index (κ3) is 4.49. The van der Waals surface area contributed by atoms with E-state index in [1.807, 2.05) is 0 Å². The fourth-order valence-electron chi connectivity index (χ4n) is 2.47. The van der Waals surface area contributed by atoms with E-state index in [1.165, 1.54) is 25.7 Å². The van der Waals surface area contributed by atoms with Crippen molar-refractivity contribution in [2.75, 3.05) is 31.9 Å². The Labute approximate surface area is 128 Å². The zero-order chi connectivity index (χ0) is 14.4. The van der Waals surface area contributed by atoms with Gasteiger partial charge in [0, 0.05) is 28.8 Å². The highest BCUT2D eigenvalue weighted by atomic mass is 79.9. The third-order valence-corrected chi connectivity index (χ3v) is 4.39. The van der Waals surface area contributed by atoms with Crippen LogP contribution in [-0.4, -0.2) is 37.0 Å². The Hall–Kier alpha value is -1.07. The number of hydrogen-bond donors (Lipinski definition) is 2. The molecule has 1 aromatic rings. The molecular weight excluding hydrogens is 318 g/mol. The lowest BCUT2D eigenvalue weighted by atomic mass is 10.2. The molecule has 0 saturated carbocycles. The van der Waals surface area contributed by atoms with Crippen LogP contribution in [0.15, 0.2) is 22.7 Å². The molecule has 3 N–H and O–H groups in total. The highest BCUT2D eigenvalue weighted by Crippen LogP contribution is 2.20. The average molecular weight is 340 g/mol. The van der Waals surface area contributed by atoms with Crippen molar-refractivity contribution in [1.29, 1.82) is 0 Å². The van der Waals surface area contributed by atoms with E-state index < -0.39 is 0 Å². The van der Waals surface area contributed by atoms with E-state index in [0.29, 0.717) is 17.8 Å². The van der Waals surface area contributed by atoms with Crippen LogP contribution < -0.4 is 11.1 Å². The van der Waals surface area contributed by atoms with E-state index in [9.17, 15) is 4.79 Å². The fraction of sp³-hybridized carbons (Fsp3) is 0.533. The molecule has 0 unspecified atom stereocenters. The monoisotopic (exact) mass is 339 g/mol. The Balaban J connectivity index is 1.78. The van der Waals surface area contributed by atoms with Gasteiger partial charge in [-0.1, -0.05) is 12.8 Å². The molecule has 5 heteroatoms. The van der Waals surface area contributed by atoms with Crippen LogP contribution in [-0.2, 0) is 0 Å². The van der Waals surface area contributed by atoms with Gasteiger partial charge in [-0.25, -0.2) is 0 Å². The van der Waals surface area contributed by atoms with Crippen LogP contribution >= 0.6 is 15.9 Å². The molecule has 0 aromatic heterocycles. The number of likely N-dealkylation sites (tertiary alicyclic amines) is 1. The fourth-order valence-corrected chi connectivity index (χ4v) is 2.72. The van der Waals surface area contributed by atoms with Crippen molar-refractivity contribution in [3.05, 3.63) is 28.2 Å². The minimum absolute atomic E-state index is 0.0565. The maximum atomic E-state index is 12.0. The second-order valence-electron chi connectivity index (χ2n) is 5.25. The maximum Gasteiger partial charge on any atom is 0.251 e. The summed E-state index contributed by atoms with van der Waals surface area (Å²) in [7, 11) is 0. The van der Waals surface area contributed by atoms with Crippen molar-refractivity contribution in [3.8, 4) is 0 Å². The number of amides is 1. The van der Waals surface area contributed by atoms with Gasteiger partial charge in [0.1, 0.15) is 0 Å². The summed E-state index contributed by atoms with van der Waals surface area (Å²) in [5, 5.41) is 2.96. The lowest BCUT2D eigenvalue weighted by Gasteiger charge is -2.19. The number of halogens is 1. The smallest absolute Gasteiger partial charge is 0.251 e. The summed E-state index contributed by atoms with van der Waals surface area (Å²) < 4.78 is 0.818. The minimum atomic E-state index is -0.0565. The Bertz CT molecular complexity index is 456. The molecule has 1 saturated heterocycles. The lowest BCUT2D eigenvalue weighted by molar-refractivity contribution is 0.0948. The standard InChI is InChI=1S/C15H22BrN3O/c16-13-6-5-12(11-14(13)17)15(20)18-7-10-19-8-3-1-2-4-9-19/h5-6,11H,1-4,7-10,17H2,(H,18,20). The quantitative estimate of drug-likeness (QED) is 0.829. The van der Waals surface area contributed by atoms with Gasteiger partial charge >= 0.3 is 0 Å². The molecule has 1 fully saturated rings. The molecule has 0 radical (unpaired) electrons. The molecule has 1 amide bonds. The summed E-state index contributed by atoms with van der Waals surface area (Å²) >= 11 is 3.33.